The van der Waals surface area contributed by atoms with Crippen LogP contribution in [-0.2, 0) is 0 Å². The fourth-order valence-corrected chi connectivity index (χ4v) is 1.72. The highest BCUT2D eigenvalue weighted by atomic mass is 35.5. The Morgan fingerprint density at radius 2 is 2.06 bits per heavy atom. The van der Waals surface area contributed by atoms with E-state index in [4.69, 9.17) is 28.9 Å². The summed E-state index contributed by atoms with van der Waals surface area (Å²) in [5.41, 5.74) is 6.33. The number of anilines is 2. The van der Waals surface area contributed by atoms with Gasteiger partial charge in [-0.3, -0.25) is 4.79 Å². The van der Waals surface area contributed by atoms with Gasteiger partial charge in [-0.1, -0.05) is 23.2 Å². The third kappa shape index (κ3) is 2.72. The van der Waals surface area contributed by atoms with Gasteiger partial charge in [0.25, 0.3) is 5.91 Å². The van der Waals surface area contributed by atoms with Gasteiger partial charge in [0, 0.05) is 16.9 Å². The third-order valence-electron chi connectivity index (χ3n) is 2.25. The highest BCUT2D eigenvalue weighted by Gasteiger charge is 2.12. The van der Waals surface area contributed by atoms with Crippen LogP contribution < -0.4 is 11.1 Å². The average Bonchev–Trinajstić information content (AvgIpc) is 2.35. The summed E-state index contributed by atoms with van der Waals surface area (Å²) in [6.45, 7) is 0. The van der Waals surface area contributed by atoms with Crippen molar-refractivity contribution in [1.29, 1.82) is 0 Å². The summed E-state index contributed by atoms with van der Waals surface area (Å²) in [6.07, 6.45) is 1.53. The SMILES string of the molecule is Nc1ccc(Cl)cc1C(=O)Nc1ncccc1Cl. The molecule has 1 amide bonds. The van der Waals surface area contributed by atoms with Crippen LogP contribution in [0.3, 0.4) is 0 Å². The maximum Gasteiger partial charge on any atom is 0.258 e. The molecule has 3 N–H and O–H groups in total. The highest BCUT2D eigenvalue weighted by Crippen LogP contribution is 2.21. The van der Waals surface area contributed by atoms with Crippen molar-refractivity contribution in [3.8, 4) is 0 Å². The second kappa shape index (κ2) is 5.25. The minimum atomic E-state index is -0.407. The van der Waals surface area contributed by atoms with Crippen LogP contribution in [0.25, 0.3) is 0 Å². The zero-order valence-corrected chi connectivity index (χ0v) is 10.7. The Morgan fingerprint density at radius 1 is 1.28 bits per heavy atom. The van der Waals surface area contributed by atoms with E-state index in [2.05, 4.69) is 10.3 Å². The smallest absolute Gasteiger partial charge is 0.258 e. The van der Waals surface area contributed by atoms with Crippen LogP contribution >= 0.6 is 23.2 Å². The zero-order valence-electron chi connectivity index (χ0n) is 9.15. The summed E-state index contributed by atoms with van der Waals surface area (Å²) in [6, 6.07) is 7.97. The van der Waals surface area contributed by atoms with E-state index < -0.39 is 5.91 Å². The summed E-state index contributed by atoms with van der Waals surface area (Å²) in [4.78, 5) is 15.9. The van der Waals surface area contributed by atoms with Gasteiger partial charge in [0.1, 0.15) is 0 Å². The van der Waals surface area contributed by atoms with E-state index in [1.54, 1.807) is 24.3 Å². The quantitative estimate of drug-likeness (QED) is 0.831. The van der Waals surface area contributed by atoms with E-state index >= 15 is 0 Å². The molecule has 92 valence electrons. The van der Waals surface area contributed by atoms with E-state index in [1.807, 2.05) is 0 Å². The van der Waals surface area contributed by atoms with Crippen molar-refractivity contribution in [2.45, 2.75) is 0 Å². The lowest BCUT2D eigenvalue weighted by atomic mass is 10.1. The number of benzene rings is 1. The van der Waals surface area contributed by atoms with Gasteiger partial charge in [0.2, 0.25) is 0 Å². The molecule has 0 bridgehead atoms. The minimum Gasteiger partial charge on any atom is -0.398 e. The number of nitrogens with zero attached hydrogens (tertiary/aromatic N) is 1. The molecule has 2 aromatic rings. The summed E-state index contributed by atoms with van der Waals surface area (Å²) >= 11 is 11.7. The topological polar surface area (TPSA) is 68.0 Å². The van der Waals surface area contributed by atoms with Crippen molar-refractivity contribution in [2.75, 3.05) is 11.1 Å². The van der Waals surface area contributed by atoms with Crippen LogP contribution in [0.4, 0.5) is 11.5 Å². The molecule has 0 aliphatic rings. The van der Waals surface area contributed by atoms with Gasteiger partial charge in [-0.25, -0.2) is 4.98 Å². The fourth-order valence-electron chi connectivity index (χ4n) is 1.38. The first-order chi connectivity index (χ1) is 8.58. The molecule has 0 unspecified atom stereocenters. The molecule has 6 heteroatoms. The van der Waals surface area contributed by atoms with Crippen LogP contribution in [0.15, 0.2) is 36.5 Å². The first-order valence-corrected chi connectivity index (χ1v) is 5.80. The number of pyridine rings is 1. The summed E-state index contributed by atoms with van der Waals surface area (Å²) < 4.78 is 0. The molecule has 0 spiro atoms. The van der Waals surface area contributed by atoms with Crippen molar-refractivity contribution >= 4 is 40.6 Å². The summed E-state index contributed by atoms with van der Waals surface area (Å²) in [5, 5.41) is 3.36. The predicted octanol–water partition coefficient (Wildman–Crippen LogP) is 3.22. The van der Waals surface area contributed by atoms with Gasteiger partial charge in [-0.2, -0.15) is 0 Å². The number of nitrogens with two attached hydrogens (primary N) is 1. The second-order valence-corrected chi connectivity index (χ2v) is 4.36. The molecule has 1 aromatic heterocycles. The van der Waals surface area contributed by atoms with Crippen LogP contribution in [0, 0.1) is 0 Å². The number of carbonyl (C=O) groups excluding carboxylic acids is 1. The lowest BCUT2D eigenvalue weighted by Gasteiger charge is -2.08. The minimum absolute atomic E-state index is 0.281. The molecule has 0 fully saturated rings. The molecule has 0 atom stereocenters. The van der Waals surface area contributed by atoms with E-state index in [1.165, 1.54) is 12.3 Å². The number of aromatic nitrogens is 1. The highest BCUT2D eigenvalue weighted by molar-refractivity contribution is 6.33. The molecule has 4 nitrogen and oxygen atoms in total. The van der Waals surface area contributed by atoms with Gasteiger partial charge in [0.05, 0.1) is 10.6 Å². The largest absolute Gasteiger partial charge is 0.398 e. The van der Waals surface area contributed by atoms with Crippen LogP contribution in [0.5, 0.6) is 0 Å². The zero-order chi connectivity index (χ0) is 13.1. The molecule has 0 saturated heterocycles. The Bertz CT molecular complexity index is 602. The van der Waals surface area contributed by atoms with Crippen molar-refractivity contribution < 1.29 is 4.79 Å². The molecule has 0 saturated carbocycles. The lowest BCUT2D eigenvalue weighted by Crippen LogP contribution is -2.15. The van der Waals surface area contributed by atoms with Crippen molar-refractivity contribution in [3.63, 3.8) is 0 Å². The monoisotopic (exact) mass is 281 g/mol. The first kappa shape index (κ1) is 12.7. The normalized spacial score (nSPS) is 10.1. The number of carbonyl (C=O) groups is 1. The standard InChI is InChI=1S/C12H9Cl2N3O/c13-7-3-4-10(15)8(6-7)12(18)17-11-9(14)2-1-5-16-11/h1-6H,15H2,(H,16,17,18). The Kier molecular flexibility index (Phi) is 3.69. The van der Waals surface area contributed by atoms with Gasteiger partial charge in [0.15, 0.2) is 5.82 Å². The molecule has 0 aliphatic heterocycles. The van der Waals surface area contributed by atoms with Crippen LogP contribution in [0.1, 0.15) is 10.4 Å². The molecule has 18 heavy (non-hydrogen) atoms. The molecular weight excluding hydrogens is 273 g/mol. The Morgan fingerprint density at radius 3 is 2.78 bits per heavy atom. The van der Waals surface area contributed by atoms with Gasteiger partial charge in [-0.05, 0) is 30.3 Å². The first-order valence-electron chi connectivity index (χ1n) is 5.05. The van der Waals surface area contributed by atoms with Crippen LogP contribution in [-0.4, -0.2) is 10.9 Å². The van der Waals surface area contributed by atoms with E-state index in [0.717, 1.165) is 0 Å². The Hall–Kier alpha value is -1.78. The molecular formula is C12H9Cl2N3O. The van der Waals surface area contributed by atoms with Crippen molar-refractivity contribution in [2.24, 2.45) is 0 Å². The molecule has 0 radical (unpaired) electrons. The lowest BCUT2D eigenvalue weighted by molar-refractivity contribution is 0.102. The summed E-state index contributed by atoms with van der Waals surface area (Å²) in [7, 11) is 0. The van der Waals surface area contributed by atoms with E-state index in [0.29, 0.717) is 15.7 Å². The Labute approximate surface area is 114 Å². The molecule has 0 aliphatic carbocycles. The number of nitrogen functional groups attached to an aromatic ring is 1. The molecule has 2 rings (SSSR count). The number of halogens is 2. The predicted molar refractivity (Wildman–Crippen MR) is 73.1 cm³/mol. The number of nitrogens with one attached hydrogen (secondary N) is 1. The second-order valence-electron chi connectivity index (χ2n) is 3.52. The maximum absolute atomic E-state index is 12.0. The number of hydrogen-bond acceptors (Lipinski definition) is 3. The Balaban J connectivity index is 2.28. The maximum atomic E-state index is 12.0. The summed E-state index contributed by atoms with van der Waals surface area (Å²) in [5.74, 6) is -0.126. The van der Waals surface area contributed by atoms with Crippen LogP contribution in [0.2, 0.25) is 10.0 Å². The van der Waals surface area contributed by atoms with E-state index in [9.17, 15) is 4.79 Å². The van der Waals surface area contributed by atoms with Gasteiger partial charge in [-0.15, -0.1) is 0 Å². The van der Waals surface area contributed by atoms with Gasteiger partial charge < -0.3 is 11.1 Å². The molecule has 1 heterocycles. The number of hydrogen-bond donors (Lipinski definition) is 2. The third-order valence-corrected chi connectivity index (χ3v) is 2.79. The number of amides is 1. The fraction of sp³-hybridized carbons (Fsp3) is 0. The van der Waals surface area contributed by atoms with Crippen molar-refractivity contribution in [3.05, 3.63) is 52.1 Å². The average molecular weight is 282 g/mol. The van der Waals surface area contributed by atoms with Crippen molar-refractivity contribution in [1.82, 2.24) is 4.98 Å². The van der Waals surface area contributed by atoms with E-state index in [-0.39, 0.29) is 11.4 Å². The van der Waals surface area contributed by atoms with Gasteiger partial charge >= 0.3 is 0 Å². The molecule has 1 aromatic carbocycles. The number of rotatable bonds is 2.